The van der Waals surface area contributed by atoms with E-state index in [-0.39, 0.29) is 12.0 Å². The van der Waals surface area contributed by atoms with E-state index < -0.39 is 24.2 Å². The van der Waals surface area contributed by atoms with Crippen molar-refractivity contribution in [3.05, 3.63) is 11.6 Å². The van der Waals surface area contributed by atoms with E-state index in [1.54, 1.807) is 0 Å². The normalized spacial score (nSPS) is 18.9. The molecule has 0 aliphatic carbocycles. The van der Waals surface area contributed by atoms with E-state index in [1.165, 1.54) is 6.92 Å². The molecule has 0 saturated carbocycles. The van der Waals surface area contributed by atoms with Crippen LogP contribution in [0.1, 0.15) is 39.5 Å². The number of rotatable bonds is 6. The predicted octanol–water partition coefficient (Wildman–Crippen LogP) is 1.48. The summed E-state index contributed by atoms with van der Waals surface area (Å²) in [6, 6.07) is 0. The first-order chi connectivity index (χ1) is 9.02. The van der Waals surface area contributed by atoms with Gasteiger partial charge in [-0.3, -0.25) is 4.79 Å². The molecule has 0 aromatic heterocycles. The number of unbranched alkanes of at least 4 members (excludes halogenated alkanes) is 1. The average Bonchev–Trinajstić information content (AvgIpc) is 2.75. The molecule has 0 radical (unpaired) electrons. The minimum atomic E-state index is -0.848. The van der Waals surface area contributed by atoms with Crippen molar-refractivity contribution in [2.75, 3.05) is 6.61 Å². The van der Waals surface area contributed by atoms with Crippen LogP contribution in [0.5, 0.6) is 0 Å². The van der Waals surface area contributed by atoms with Gasteiger partial charge in [-0.15, -0.1) is 0 Å². The smallest absolute Gasteiger partial charge is 0.337 e. The maximum Gasteiger partial charge on any atom is 0.337 e. The molecule has 6 nitrogen and oxygen atoms in total. The summed E-state index contributed by atoms with van der Waals surface area (Å²) in [6.45, 7) is 3.75. The fourth-order valence-electron chi connectivity index (χ4n) is 1.39. The highest BCUT2D eigenvalue weighted by Gasteiger charge is 2.27. The van der Waals surface area contributed by atoms with Crippen LogP contribution in [0.25, 0.3) is 0 Å². The number of carbonyl (C=O) groups excluding carboxylic acids is 3. The van der Waals surface area contributed by atoms with Gasteiger partial charge in [-0.1, -0.05) is 13.3 Å². The van der Waals surface area contributed by atoms with Crippen molar-refractivity contribution in [2.24, 2.45) is 0 Å². The fraction of sp³-hybridized carbons (Fsp3) is 0.615. The van der Waals surface area contributed by atoms with Crippen LogP contribution >= 0.6 is 0 Å². The largest absolute Gasteiger partial charge is 0.463 e. The van der Waals surface area contributed by atoms with Gasteiger partial charge in [0.15, 0.2) is 0 Å². The zero-order valence-corrected chi connectivity index (χ0v) is 11.1. The van der Waals surface area contributed by atoms with E-state index in [9.17, 15) is 14.4 Å². The minimum absolute atomic E-state index is 0.115. The molecule has 0 aromatic rings. The summed E-state index contributed by atoms with van der Waals surface area (Å²) in [5, 5.41) is 0. The van der Waals surface area contributed by atoms with Crippen molar-refractivity contribution in [3.8, 4) is 0 Å². The number of hydrogen-bond acceptors (Lipinski definition) is 6. The lowest BCUT2D eigenvalue weighted by molar-refractivity contribution is -0.173. The van der Waals surface area contributed by atoms with Gasteiger partial charge in [0.2, 0.25) is 6.29 Å². The van der Waals surface area contributed by atoms with Crippen molar-refractivity contribution < 1.29 is 28.6 Å². The Labute approximate surface area is 111 Å². The SMILES string of the molecule is CCCCOC(=O)C=C(C)C(=O)OC1CCC(=O)O1. The summed E-state index contributed by atoms with van der Waals surface area (Å²) in [5.74, 6) is -1.66. The number of hydrogen-bond donors (Lipinski definition) is 0. The standard InChI is InChI=1S/C13H18O6/c1-3-4-7-17-11(15)8-9(2)13(16)19-12-6-5-10(14)18-12/h8,12H,3-7H2,1-2H3. The van der Waals surface area contributed by atoms with Gasteiger partial charge in [0.05, 0.1) is 13.0 Å². The van der Waals surface area contributed by atoms with Crippen LogP contribution in [0.2, 0.25) is 0 Å². The molecule has 1 heterocycles. The Kier molecular flexibility index (Phi) is 6.05. The molecule has 6 heteroatoms. The lowest BCUT2D eigenvalue weighted by Crippen LogP contribution is -2.18. The predicted molar refractivity (Wildman–Crippen MR) is 64.8 cm³/mol. The molecule has 1 atom stereocenters. The molecule has 0 aromatic carbocycles. The molecular formula is C13H18O6. The molecule has 0 spiro atoms. The second-order valence-corrected chi connectivity index (χ2v) is 4.21. The molecule has 1 aliphatic heterocycles. The first kappa shape index (κ1) is 15.2. The van der Waals surface area contributed by atoms with E-state index in [0.717, 1.165) is 18.9 Å². The van der Waals surface area contributed by atoms with E-state index in [4.69, 9.17) is 14.2 Å². The Bertz CT molecular complexity index is 385. The summed E-state index contributed by atoms with van der Waals surface area (Å²) >= 11 is 0. The van der Waals surface area contributed by atoms with E-state index in [1.807, 2.05) is 6.92 Å². The number of carbonyl (C=O) groups is 3. The fourth-order valence-corrected chi connectivity index (χ4v) is 1.39. The second-order valence-electron chi connectivity index (χ2n) is 4.21. The first-order valence-corrected chi connectivity index (χ1v) is 6.28. The van der Waals surface area contributed by atoms with Gasteiger partial charge in [0.25, 0.3) is 0 Å². The lowest BCUT2D eigenvalue weighted by Gasteiger charge is -2.10. The third kappa shape index (κ3) is 5.54. The van der Waals surface area contributed by atoms with Crippen molar-refractivity contribution in [1.29, 1.82) is 0 Å². The zero-order chi connectivity index (χ0) is 14.3. The van der Waals surface area contributed by atoms with Crippen molar-refractivity contribution in [1.82, 2.24) is 0 Å². The average molecular weight is 270 g/mol. The van der Waals surface area contributed by atoms with Crippen molar-refractivity contribution >= 4 is 17.9 Å². The Morgan fingerprint density at radius 3 is 2.79 bits per heavy atom. The second kappa shape index (κ2) is 7.56. The van der Waals surface area contributed by atoms with Gasteiger partial charge < -0.3 is 14.2 Å². The third-order valence-electron chi connectivity index (χ3n) is 2.48. The van der Waals surface area contributed by atoms with E-state index in [0.29, 0.717) is 13.0 Å². The Morgan fingerprint density at radius 1 is 1.47 bits per heavy atom. The van der Waals surface area contributed by atoms with Gasteiger partial charge in [-0.2, -0.15) is 0 Å². The van der Waals surface area contributed by atoms with Gasteiger partial charge in [0, 0.05) is 18.1 Å². The number of ether oxygens (including phenoxy) is 3. The molecule has 1 unspecified atom stereocenters. The molecule has 0 amide bonds. The van der Waals surface area contributed by atoms with Crippen molar-refractivity contribution in [3.63, 3.8) is 0 Å². The molecule has 1 fully saturated rings. The van der Waals surface area contributed by atoms with Gasteiger partial charge in [-0.05, 0) is 13.3 Å². The molecule has 0 bridgehead atoms. The zero-order valence-electron chi connectivity index (χ0n) is 11.1. The van der Waals surface area contributed by atoms with Gasteiger partial charge in [0.1, 0.15) is 0 Å². The Balaban J connectivity index is 2.38. The summed E-state index contributed by atoms with van der Waals surface area (Å²) in [7, 11) is 0. The van der Waals surface area contributed by atoms with Gasteiger partial charge in [-0.25, -0.2) is 9.59 Å². The summed E-state index contributed by atoms with van der Waals surface area (Å²) in [4.78, 5) is 33.7. The van der Waals surface area contributed by atoms with Crippen LogP contribution in [0.15, 0.2) is 11.6 Å². The van der Waals surface area contributed by atoms with Crippen LogP contribution in [0.3, 0.4) is 0 Å². The van der Waals surface area contributed by atoms with Crippen molar-refractivity contribution in [2.45, 2.75) is 45.8 Å². The van der Waals surface area contributed by atoms with Crippen LogP contribution < -0.4 is 0 Å². The Hall–Kier alpha value is -1.85. The summed E-state index contributed by atoms with van der Waals surface area (Å²) in [6.07, 6.45) is 2.51. The Morgan fingerprint density at radius 2 is 2.21 bits per heavy atom. The maximum atomic E-state index is 11.6. The monoisotopic (exact) mass is 270 g/mol. The topological polar surface area (TPSA) is 78.9 Å². The molecule has 106 valence electrons. The lowest BCUT2D eigenvalue weighted by atomic mass is 10.3. The highest BCUT2D eigenvalue weighted by molar-refractivity contribution is 5.96. The molecule has 1 saturated heterocycles. The van der Waals surface area contributed by atoms with Crippen LogP contribution in [0, 0.1) is 0 Å². The maximum absolute atomic E-state index is 11.6. The third-order valence-corrected chi connectivity index (χ3v) is 2.48. The highest BCUT2D eigenvalue weighted by Crippen LogP contribution is 2.16. The van der Waals surface area contributed by atoms with E-state index in [2.05, 4.69) is 0 Å². The quantitative estimate of drug-likeness (QED) is 0.413. The summed E-state index contributed by atoms with van der Waals surface area (Å²) in [5.41, 5.74) is 0.115. The van der Waals surface area contributed by atoms with Gasteiger partial charge >= 0.3 is 17.9 Å². The minimum Gasteiger partial charge on any atom is -0.463 e. The van der Waals surface area contributed by atoms with Crippen LogP contribution in [-0.2, 0) is 28.6 Å². The highest BCUT2D eigenvalue weighted by atomic mass is 16.7. The number of esters is 3. The molecule has 1 aliphatic rings. The number of cyclic esters (lactones) is 1. The molecule has 19 heavy (non-hydrogen) atoms. The molecule has 0 N–H and O–H groups in total. The first-order valence-electron chi connectivity index (χ1n) is 6.28. The van der Waals surface area contributed by atoms with Crippen LogP contribution in [-0.4, -0.2) is 30.8 Å². The summed E-state index contributed by atoms with van der Waals surface area (Å²) < 4.78 is 14.5. The molecule has 1 rings (SSSR count). The van der Waals surface area contributed by atoms with E-state index >= 15 is 0 Å². The molecular weight excluding hydrogens is 252 g/mol. The van der Waals surface area contributed by atoms with Crippen LogP contribution in [0.4, 0.5) is 0 Å².